The molecule has 0 aliphatic carbocycles. The first kappa shape index (κ1) is 18.2. The minimum Gasteiger partial charge on any atom is -0.482 e. The van der Waals surface area contributed by atoms with Crippen LogP contribution < -0.4 is 5.84 Å². The summed E-state index contributed by atoms with van der Waals surface area (Å²) in [4.78, 5) is 26.5. The van der Waals surface area contributed by atoms with E-state index in [0.29, 0.717) is 10.8 Å². The van der Waals surface area contributed by atoms with Crippen molar-refractivity contribution >= 4 is 33.1 Å². The topological polar surface area (TPSA) is 110 Å². The number of carbonyl (C=O) groups is 2. The highest BCUT2D eigenvalue weighted by Crippen LogP contribution is 2.22. The fourth-order valence-corrected chi connectivity index (χ4v) is 3.12. The Balaban J connectivity index is 2.22. The number of ketones is 1. The third kappa shape index (κ3) is 4.02. The Labute approximate surface area is 143 Å². The van der Waals surface area contributed by atoms with Crippen LogP contribution in [0, 0.1) is 0 Å². The number of methoxy groups -OCH3 is 1. The summed E-state index contributed by atoms with van der Waals surface area (Å²) in [5.41, 5.74) is 0.141. The van der Waals surface area contributed by atoms with Gasteiger partial charge in [-0.05, 0) is 17.5 Å². The fraction of sp³-hybridized carbons (Fsp3) is 0.286. The highest BCUT2D eigenvalue weighted by molar-refractivity contribution is 7.88. The largest absolute Gasteiger partial charge is 0.482 e. The minimum absolute atomic E-state index is 0.0413. The molecule has 0 saturated heterocycles. The quantitative estimate of drug-likeness (QED) is 0.339. The van der Waals surface area contributed by atoms with Crippen LogP contribution >= 0.6 is 11.3 Å². The summed E-state index contributed by atoms with van der Waals surface area (Å²) in [5.74, 6) is 4.74. The van der Waals surface area contributed by atoms with Gasteiger partial charge in [0.05, 0.1) is 24.8 Å². The second-order valence-electron chi connectivity index (χ2n) is 5.00. The summed E-state index contributed by atoms with van der Waals surface area (Å²) >= 11 is 1.31. The van der Waals surface area contributed by atoms with Gasteiger partial charge in [0.15, 0.2) is 11.7 Å². The number of allylic oxidation sites excluding steroid dienone is 1. The van der Waals surface area contributed by atoms with E-state index in [1.807, 2.05) is 0 Å². The molecule has 0 atom stereocenters. The second kappa shape index (κ2) is 7.16. The third-order valence-electron chi connectivity index (χ3n) is 3.24. The van der Waals surface area contributed by atoms with E-state index >= 15 is 0 Å². The molecule has 10 heteroatoms. The lowest BCUT2D eigenvalue weighted by Crippen LogP contribution is -2.43. The van der Waals surface area contributed by atoms with Gasteiger partial charge < -0.3 is 9.64 Å². The number of rotatable bonds is 6. The minimum atomic E-state index is -3.86. The summed E-state index contributed by atoms with van der Waals surface area (Å²) in [5, 5.41) is 1.79. The smallest absolute Gasteiger partial charge is 0.279 e. The predicted octanol–water partition coefficient (Wildman–Crippen LogP) is 0.670. The van der Waals surface area contributed by atoms with Crippen LogP contribution in [0.5, 0.6) is 0 Å². The number of amides is 1. The lowest BCUT2D eigenvalue weighted by atomic mass is 10.1. The van der Waals surface area contributed by atoms with Gasteiger partial charge in [0, 0.05) is 18.2 Å². The molecule has 2 N–H and O–H groups in total. The molecular formula is C14H17N3O5S2. The van der Waals surface area contributed by atoms with Gasteiger partial charge >= 0.3 is 0 Å². The van der Waals surface area contributed by atoms with Gasteiger partial charge in [-0.3, -0.25) is 9.59 Å². The number of hydrogen-bond acceptors (Lipinski definition) is 8. The first-order valence-corrected chi connectivity index (χ1v) is 9.54. The number of hydrogen-bond donors (Lipinski definition) is 1. The zero-order valence-electron chi connectivity index (χ0n) is 13.1. The molecule has 1 aromatic rings. The lowest BCUT2D eigenvalue weighted by Gasteiger charge is -2.27. The second-order valence-corrected chi connectivity index (χ2v) is 7.80. The van der Waals surface area contributed by atoms with Gasteiger partial charge in [0.2, 0.25) is 10.0 Å². The molecule has 0 saturated carbocycles. The Bertz CT molecular complexity index is 796. The predicted molar refractivity (Wildman–Crippen MR) is 89.0 cm³/mol. The summed E-state index contributed by atoms with van der Waals surface area (Å²) in [6.07, 6.45) is 3.96. The number of hydrazine groups is 1. The van der Waals surface area contributed by atoms with Crippen LogP contribution in [-0.4, -0.2) is 49.3 Å². The molecule has 0 aromatic carbocycles. The van der Waals surface area contributed by atoms with Crippen molar-refractivity contribution in [1.82, 2.24) is 9.31 Å². The number of ether oxygens (including phenoxy) is 1. The Morgan fingerprint density at radius 1 is 1.46 bits per heavy atom. The summed E-state index contributed by atoms with van der Waals surface area (Å²) in [6, 6.07) is 3.47. The zero-order valence-corrected chi connectivity index (χ0v) is 14.8. The van der Waals surface area contributed by atoms with Crippen LogP contribution in [0.4, 0.5) is 0 Å². The molecule has 24 heavy (non-hydrogen) atoms. The van der Waals surface area contributed by atoms with Crippen molar-refractivity contribution in [2.45, 2.75) is 6.42 Å². The van der Waals surface area contributed by atoms with Crippen molar-refractivity contribution in [3.63, 3.8) is 0 Å². The summed E-state index contributed by atoms with van der Waals surface area (Å²) in [6.45, 7) is -0.0413. The molecule has 2 rings (SSSR count). The maximum Gasteiger partial charge on any atom is 0.279 e. The van der Waals surface area contributed by atoms with Crippen LogP contribution in [0.3, 0.4) is 0 Å². The Morgan fingerprint density at radius 3 is 2.71 bits per heavy atom. The van der Waals surface area contributed by atoms with Gasteiger partial charge in [0.1, 0.15) is 0 Å². The van der Waals surface area contributed by atoms with Crippen molar-refractivity contribution in [2.24, 2.45) is 5.84 Å². The molecule has 0 radical (unpaired) electrons. The molecule has 0 unspecified atom stereocenters. The first-order valence-electron chi connectivity index (χ1n) is 6.81. The Kier molecular flexibility index (Phi) is 5.42. The average Bonchev–Trinajstić information content (AvgIpc) is 3.07. The summed E-state index contributed by atoms with van der Waals surface area (Å²) < 4.78 is 28.2. The maximum absolute atomic E-state index is 12.2. The van der Waals surface area contributed by atoms with Crippen LogP contribution in [0.2, 0.25) is 0 Å². The van der Waals surface area contributed by atoms with E-state index in [0.717, 1.165) is 6.26 Å². The SMILES string of the molecule is COC1=CCC(C(=O)N(N)S(C)(=O)=O)=CN1CC(=O)c1cccs1. The van der Waals surface area contributed by atoms with Gasteiger partial charge in [-0.25, -0.2) is 14.3 Å². The highest BCUT2D eigenvalue weighted by Gasteiger charge is 2.27. The van der Waals surface area contributed by atoms with Gasteiger partial charge in [0.25, 0.3) is 5.91 Å². The number of thiophene rings is 1. The lowest BCUT2D eigenvalue weighted by molar-refractivity contribution is -0.123. The highest BCUT2D eigenvalue weighted by atomic mass is 32.2. The molecule has 1 aromatic heterocycles. The third-order valence-corrected chi connectivity index (χ3v) is 5.03. The van der Waals surface area contributed by atoms with E-state index in [1.54, 1.807) is 23.6 Å². The van der Waals surface area contributed by atoms with E-state index in [1.165, 1.54) is 29.5 Å². The maximum atomic E-state index is 12.2. The van der Waals surface area contributed by atoms with Crippen LogP contribution in [0.15, 0.2) is 41.2 Å². The van der Waals surface area contributed by atoms with Gasteiger partial charge in [-0.15, -0.1) is 11.3 Å². The molecule has 1 amide bonds. The van der Waals surface area contributed by atoms with Crippen molar-refractivity contribution in [1.29, 1.82) is 0 Å². The molecule has 2 heterocycles. The Morgan fingerprint density at radius 2 is 2.17 bits per heavy atom. The number of Topliss-reactive ketones (excluding diaryl/α,β-unsaturated/α-hetero) is 1. The zero-order chi connectivity index (χ0) is 17.9. The number of nitrogens with zero attached hydrogens (tertiary/aromatic N) is 2. The van der Waals surface area contributed by atoms with Crippen molar-refractivity contribution in [3.8, 4) is 0 Å². The monoisotopic (exact) mass is 371 g/mol. The molecule has 1 aliphatic rings. The summed E-state index contributed by atoms with van der Waals surface area (Å²) in [7, 11) is -2.42. The van der Waals surface area contributed by atoms with Crippen LogP contribution in [-0.2, 0) is 19.6 Å². The van der Waals surface area contributed by atoms with Crippen LogP contribution in [0.25, 0.3) is 0 Å². The standard InChI is InChI=1S/C14H17N3O5S2/c1-22-13-6-5-10(14(19)17(15)24(2,20)21)8-16(13)9-11(18)12-4-3-7-23-12/h3-4,6-8H,5,9,15H2,1-2H3. The van der Waals surface area contributed by atoms with E-state index in [2.05, 4.69) is 0 Å². The normalized spacial score (nSPS) is 14.7. The fourth-order valence-electron chi connectivity index (χ4n) is 2.05. The molecule has 130 valence electrons. The van der Waals surface area contributed by atoms with E-state index < -0.39 is 15.9 Å². The van der Waals surface area contributed by atoms with E-state index in [-0.39, 0.29) is 28.7 Å². The van der Waals surface area contributed by atoms with E-state index in [4.69, 9.17) is 10.6 Å². The molecule has 8 nitrogen and oxygen atoms in total. The number of carbonyl (C=O) groups excluding carboxylic acids is 2. The molecule has 0 bridgehead atoms. The molecule has 0 spiro atoms. The van der Waals surface area contributed by atoms with Crippen molar-refractivity contribution in [2.75, 3.05) is 19.9 Å². The van der Waals surface area contributed by atoms with Gasteiger partial charge in [-0.1, -0.05) is 6.07 Å². The van der Waals surface area contributed by atoms with Crippen molar-refractivity contribution < 1.29 is 22.7 Å². The molecular weight excluding hydrogens is 354 g/mol. The van der Waals surface area contributed by atoms with Crippen LogP contribution in [0.1, 0.15) is 16.1 Å². The Hall–Kier alpha value is -2.17. The number of sulfonamides is 1. The first-order chi connectivity index (χ1) is 11.2. The van der Waals surface area contributed by atoms with Crippen molar-refractivity contribution in [3.05, 3.63) is 46.1 Å². The molecule has 1 aliphatic heterocycles. The molecule has 0 fully saturated rings. The van der Waals surface area contributed by atoms with Gasteiger partial charge in [-0.2, -0.15) is 4.41 Å². The average molecular weight is 371 g/mol. The van der Waals surface area contributed by atoms with E-state index in [9.17, 15) is 18.0 Å². The number of nitrogens with two attached hydrogens (primary N) is 1.